The summed E-state index contributed by atoms with van der Waals surface area (Å²) < 4.78 is 16.8. The Bertz CT molecular complexity index is 1120. The number of fused-ring (bicyclic) bond motifs is 2. The van der Waals surface area contributed by atoms with Gasteiger partial charge < -0.3 is 4.57 Å². The highest BCUT2D eigenvalue weighted by Gasteiger charge is 2.09. The maximum Gasteiger partial charge on any atom is 0.279 e. The summed E-state index contributed by atoms with van der Waals surface area (Å²) >= 11 is 2.78. The Morgan fingerprint density at radius 2 is 2.09 bits per heavy atom. The Labute approximate surface area is 138 Å². The van der Waals surface area contributed by atoms with Crippen molar-refractivity contribution in [1.29, 1.82) is 0 Å². The number of hydrogen-bond donors (Lipinski definition) is 0. The highest BCUT2D eigenvalue weighted by molar-refractivity contribution is 7.17. The Morgan fingerprint density at radius 3 is 2.96 bits per heavy atom. The van der Waals surface area contributed by atoms with Gasteiger partial charge in [0.2, 0.25) is 0 Å². The van der Waals surface area contributed by atoms with Crippen LogP contribution in [0.4, 0.5) is 4.39 Å². The van der Waals surface area contributed by atoms with Crippen LogP contribution in [0, 0.1) is 5.82 Å². The predicted octanol–water partition coefficient (Wildman–Crippen LogP) is 3.73. The topological polar surface area (TPSA) is 47.2 Å². The smallest absolute Gasteiger partial charge is 0.279 e. The van der Waals surface area contributed by atoms with Gasteiger partial charge in [-0.2, -0.15) is 4.99 Å². The Kier molecular flexibility index (Phi) is 3.32. The molecule has 23 heavy (non-hydrogen) atoms. The van der Waals surface area contributed by atoms with Gasteiger partial charge in [0.15, 0.2) is 4.80 Å². The van der Waals surface area contributed by atoms with Crippen molar-refractivity contribution in [3.05, 3.63) is 58.1 Å². The van der Waals surface area contributed by atoms with Crippen molar-refractivity contribution in [2.75, 3.05) is 0 Å². The summed E-state index contributed by atoms with van der Waals surface area (Å²) in [5.74, 6) is -0.615. The predicted molar refractivity (Wildman–Crippen MR) is 90.3 cm³/mol. The zero-order chi connectivity index (χ0) is 16.0. The monoisotopic (exact) mass is 343 g/mol. The molecule has 114 valence electrons. The molecule has 0 aliphatic rings. The molecule has 0 saturated carbocycles. The van der Waals surface area contributed by atoms with Gasteiger partial charge >= 0.3 is 0 Å². The maximum absolute atomic E-state index is 13.3. The molecule has 1 amide bonds. The molecule has 4 rings (SSSR count). The van der Waals surface area contributed by atoms with Gasteiger partial charge in [0.25, 0.3) is 5.91 Å². The fourth-order valence-corrected chi connectivity index (χ4v) is 4.11. The molecule has 4 nitrogen and oxygen atoms in total. The summed E-state index contributed by atoms with van der Waals surface area (Å²) in [6.45, 7) is 0. The average Bonchev–Trinajstić information content (AvgIpc) is 3.11. The number of amides is 1. The van der Waals surface area contributed by atoms with Crippen LogP contribution in [-0.4, -0.2) is 15.5 Å². The van der Waals surface area contributed by atoms with Gasteiger partial charge in [0.05, 0.1) is 25.9 Å². The minimum Gasteiger partial charge on any atom is -0.319 e. The van der Waals surface area contributed by atoms with Gasteiger partial charge in [-0.15, -0.1) is 11.3 Å². The van der Waals surface area contributed by atoms with Crippen molar-refractivity contribution < 1.29 is 9.18 Å². The summed E-state index contributed by atoms with van der Waals surface area (Å²) in [4.78, 5) is 21.3. The fraction of sp³-hybridized carbons (Fsp3) is 0.0625. The van der Waals surface area contributed by atoms with E-state index in [1.807, 2.05) is 13.1 Å². The van der Waals surface area contributed by atoms with Crippen LogP contribution in [-0.2, 0) is 7.05 Å². The Balaban J connectivity index is 1.82. The van der Waals surface area contributed by atoms with Crippen molar-refractivity contribution in [1.82, 2.24) is 9.55 Å². The molecule has 0 atom stereocenters. The van der Waals surface area contributed by atoms with Crippen molar-refractivity contribution in [2.45, 2.75) is 0 Å². The fourth-order valence-electron chi connectivity index (χ4n) is 2.35. The number of nitrogens with zero attached hydrogens (tertiary/aromatic N) is 3. The van der Waals surface area contributed by atoms with Crippen molar-refractivity contribution in [3.63, 3.8) is 0 Å². The van der Waals surface area contributed by atoms with E-state index in [9.17, 15) is 9.18 Å². The molecule has 4 aromatic rings. The first-order chi connectivity index (χ1) is 11.1. The van der Waals surface area contributed by atoms with Crippen LogP contribution in [0.5, 0.6) is 0 Å². The summed E-state index contributed by atoms with van der Waals surface area (Å²) in [6, 6.07) is 9.88. The molecule has 0 saturated heterocycles. The third kappa shape index (κ3) is 2.47. The molecule has 0 fully saturated rings. The minimum atomic E-state index is -0.317. The standard InChI is InChI=1S/C16H10FN3OS2/c1-20-12-5-3-10(17)7-14(12)23-16(20)19-15(21)9-2-4-11-13(6-9)22-8-18-11/h2-8H,1H3. The lowest BCUT2D eigenvalue weighted by atomic mass is 10.2. The van der Waals surface area contributed by atoms with Gasteiger partial charge in [-0.25, -0.2) is 9.37 Å². The maximum atomic E-state index is 13.3. The van der Waals surface area contributed by atoms with E-state index < -0.39 is 0 Å². The molecule has 0 unspecified atom stereocenters. The molecule has 0 aliphatic carbocycles. The van der Waals surface area contributed by atoms with E-state index in [2.05, 4.69) is 9.98 Å². The van der Waals surface area contributed by atoms with Crippen LogP contribution in [0.15, 0.2) is 46.9 Å². The molecule has 0 spiro atoms. The summed E-state index contributed by atoms with van der Waals surface area (Å²) in [5.41, 5.74) is 3.98. The van der Waals surface area contributed by atoms with Crippen molar-refractivity contribution in [3.8, 4) is 0 Å². The van der Waals surface area contributed by atoms with Crippen LogP contribution in [0.25, 0.3) is 20.4 Å². The quantitative estimate of drug-likeness (QED) is 0.529. The molecule has 0 radical (unpaired) electrons. The lowest BCUT2D eigenvalue weighted by molar-refractivity contribution is 0.0998. The zero-order valence-corrected chi connectivity index (χ0v) is 13.6. The highest BCUT2D eigenvalue weighted by atomic mass is 32.1. The third-order valence-corrected chi connectivity index (χ3v) is 5.43. The minimum absolute atomic E-state index is 0.298. The molecular weight excluding hydrogens is 333 g/mol. The average molecular weight is 343 g/mol. The van der Waals surface area contributed by atoms with E-state index in [0.29, 0.717) is 10.4 Å². The molecule has 0 bridgehead atoms. The first kappa shape index (κ1) is 14.2. The van der Waals surface area contributed by atoms with E-state index in [4.69, 9.17) is 0 Å². The molecule has 0 aliphatic heterocycles. The largest absolute Gasteiger partial charge is 0.319 e. The third-order valence-electron chi connectivity index (χ3n) is 3.55. The highest BCUT2D eigenvalue weighted by Crippen LogP contribution is 2.20. The Hall–Kier alpha value is -2.38. The van der Waals surface area contributed by atoms with Crippen LogP contribution < -0.4 is 4.80 Å². The second-order valence-electron chi connectivity index (χ2n) is 5.01. The number of aromatic nitrogens is 2. The molecule has 0 N–H and O–H groups in total. The lowest BCUT2D eigenvalue weighted by Crippen LogP contribution is -2.13. The lowest BCUT2D eigenvalue weighted by Gasteiger charge is -1.96. The first-order valence-electron chi connectivity index (χ1n) is 6.79. The number of carbonyl (C=O) groups excluding carboxylic acids is 1. The SMILES string of the molecule is Cn1c(=NC(=O)c2ccc3ncsc3c2)sc2cc(F)ccc21. The van der Waals surface area contributed by atoms with Crippen molar-refractivity contribution in [2.24, 2.45) is 12.0 Å². The van der Waals surface area contributed by atoms with Crippen LogP contribution in [0.3, 0.4) is 0 Å². The van der Waals surface area contributed by atoms with Crippen molar-refractivity contribution >= 4 is 49.0 Å². The molecule has 7 heteroatoms. The van der Waals surface area contributed by atoms with Gasteiger partial charge in [0.1, 0.15) is 5.82 Å². The number of carbonyl (C=O) groups is 1. The zero-order valence-electron chi connectivity index (χ0n) is 12.0. The van der Waals surface area contributed by atoms with Gasteiger partial charge in [0, 0.05) is 12.6 Å². The summed E-state index contributed by atoms with van der Waals surface area (Å²) in [7, 11) is 1.81. The van der Waals surface area contributed by atoms with E-state index in [0.717, 1.165) is 20.4 Å². The number of hydrogen-bond acceptors (Lipinski definition) is 4. The number of halogens is 1. The van der Waals surface area contributed by atoms with E-state index in [1.165, 1.54) is 34.8 Å². The number of aryl methyl sites for hydroxylation is 1. The van der Waals surface area contributed by atoms with E-state index in [1.54, 1.807) is 28.3 Å². The van der Waals surface area contributed by atoms with Crippen LogP contribution in [0.2, 0.25) is 0 Å². The summed E-state index contributed by atoms with van der Waals surface area (Å²) in [6.07, 6.45) is 0. The second-order valence-corrected chi connectivity index (χ2v) is 6.90. The number of rotatable bonds is 1. The van der Waals surface area contributed by atoms with E-state index in [-0.39, 0.29) is 11.7 Å². The van der Waals surface area contributed by atoms with Gasteiger partial charge in [-0.05, 0) is 36.4 Å². The first-order valence-corrected chi connectivity index (χ1v) is 8.49. The van der Waals surface area contributed by atoms with E-state index >= 15 is 0 Å². The number of benzene rings is 2. The Morgan fingerprint density at radius 1 is 1.22 bits per heavy atom. The normalized spacial score (nSPS) is 12.3. The van der Waals surface area contributed by atoms with Crippen LogP contribution in [0.1, 0.15) is 10.4 Å². The second kappa shape index (κ2) is 5.36. The molecule has 2 aromatic heterocycles. The number of thiazole rings is 2. The van der Waals surface area contributed by atoms with Crippen LogP contribution >= 0.6 is 22.7 Å². The molecule has 2 heterocycles. The molecule has 2 aromatic carbocycles. The van der Waals surface area contributed by atoms with Gasteiger partial charge in [-0.1, -0.05) is 11.3 Å². The van der Waals surface area contributed by atoms with Gasteiger partial charge in [-0.3, -0.25) is 4.79 Å². The molecular formula is C16H10FN3OS2. The summed E-state index contributed by atoms with van der Waals surface area (Å²) in [5, 5.41) is 0.